The first-order valence-electron chi connectivity index (χ1n) is 9.53. The average molecular weight is 405 g/mol. The van der Waals surface area contributed by atoms with E-state index in [1.807, 2.05) is 12.1 Å². The number of fused-ring (bicyclic) bond motifs is 1. The predicted molar refractivity (Wildman–Crippen MR) is 111 cm³/mol. The van der Waals surface area contributed by atoms with Gasteiger partial charge in [-0.1, -0.05) is 12.1 Å². The summed E-state index contributed by atoms with van der Waals surface area (Å²) < 4.78 is 5.39. The van der Waals surface area contributed by atoms with Gasteiger partial charge >= 0.3 is 0 Å². The molecule has 2 aromatic carbocycles. The lowest BCUT2D eigenvalue weighted by Gasteiger charge is -2.25. The quantitative estimate of drug-likeness (QED) is 0.622. The molecule has 146 valence electrons. The van der Waals surface area contributed by atoms with E-state index < -0.39 is 0 Å². The van der Waals surface area contributed by atoms with Gasteiger partial charge in [-0.25, -0.2) is 9.88 Å². The van der Waals surface area contributed by atoms with Crippen LogP contribution in [0.2, 0.25) is 0 Å². The molecule has 1 aromatic heterocycles. The number of nitrogens with zero attached hydrogens (tertiary/aromatic N) is 3. The summed E-state index contributed by atoms with van der Waals surface area (Å²) in [7, 11) is 0. The van der Waals surface area contributed by atoms with Gasteiger partial charge in [0, 0.05) is 30.6 Å². The van der Waals surface area contributed by atoms with E-state index in [1.165, 1.54) is 4.90 Å². The number of anilines is 1. The molecule has 0 unspecified atom stereocenters. The van der Waals surface area contributed by atoms with Crippen molar-refractivity contribution in [2.75, 3.05) is 31.2 Å². The number of benzene rings is 2. The number of rotatable bonds is 4. The van der Waals surface area contributed by atoms with E-state index in [0.717, 1.165) is 49.1 Å². The van der Waals surface area contributed by atoms with Crippen LogP contribution in [-0.2, 0) is 11.3 Å². The minimum Gasteiger partial charge on any atom is -0.379 e. The smallest absolute Gasteiger partial charge is 0.266 e. The van der Waals surface area contributed by atoms with E-state index in [9.17, 15) is 9.59 Å². The number of amides is 2. The van der Waals surface area contributed by atoms with Crippen LogP contribution >= 0.6 is 11.3 Å². The molecule has 0 saturated carbocycles. The summed E-state index contributed by atoms with van der Waals surface area (Å²) >= 11 is 1.60. The minimum atomic E-state index is -0.277. The van der Waals surface area contributed by atoms with Gasteiger partial charge in [0.05, 0.1) is 35.7 Å². The fraction of sp³-hybridized carbons (Fsp3) is 0.227. The molecule has 5 rings (SSSR count). The normalized spacial score (nSPS) is 17.0. The van der Waals surface area contributed by atoms with Crippen LogP contribution < -0.4 is 4.90 Å². The van der Waals surface area contributed by atoms with Crippen LogP contribution in [-0.4, -0.2) is 48.0 Å². The van der Waals surface area contributed by atoms with E-state index in [0.29, 0.717) is 16.8 Å². The number of carbonyl (C=O) groups excluding carboxylic acids is 2. The van der Waals surface area contributed by atoms with Crippen LogP contribution in [0, 0.1) is 0 Å². The molecular weight excluding hydrogens is 386 g/mol. The number of thiazole rings is 1. The van der Waals surface area contributed by atoms with E-state index in [1.54, 1.807) is 47.7 Å². The number of hydrogen-bond acceptors (Lipinski definition) is 6. The molecule has 0 bridgehead atoms. The molecule has 0 atom stereocenters. The van der Waals surface area contributed by atoms with Gasteiger partial charge in [-0.05, 0) is 36.4 Å². The molecule has 1 fully saturated rings. The molecule has 2 amide bonds. The summed E-state index contributed by atoms with van der Waals surface area (Å²) in [6, 6.07) is 14.4. The highest BCUT2D eigenvalue weighted by Gasteiger charge is 2.36. The second kappa shape index (κ2) is 7.51. The third kappa shape index (κ3) is 3.37. The number of hydrogen-bond donors (Lipinski definition) is 0. The highest BCUT2D eigenvalue weighted by atomic mass is 32.1. The van der Waals surface area contributed by atoms with Crippen LogP contribution in [0.5, 0.6) is 0 Å². The van der Waals surface area contributed by atoms with Crippen LogP contribution in [0.1, 0.15) is 26.4 Å². The zero-order valence-electron chi connectivity index (χ0n) is 15.7. The van der Waals surface area contributed by atoms with Crippen LogP contribution in [0.3, 0.4) is 0 Å². The Morgan fingerprint density at radius 3 is 2.24 bits per heavy atom. The molecule has 0 radical (unpaired) electrons. The zero-order valence-corrected chi connectivity index (χ0v) is 16.5. The third-order valence-electron chi connectivity index (χ3n) is 5.21. The SMILES string of the molecule is O=C1c2ccccc2C(=O)N1c1ccc(-c2nc(CN3CCOCC3)cs2)cc1. The molecule has 3 heterocycles. The summed E-state index contributed by atoms with van der Waals surface area (Å²) in [4.78, 5) is 33.6. The van der Waals surface area contributed by atoms with Crippen molar-refractivity contribution in [3.8, 4) is 10.6 Å². The second-order valence-electron chi connectivity index (χ2n) is 7.07. The van der Waals surface area contributed by atoms with Gasteiger partial charge in [0.25, 0.3) is 11.8 Å². The molecule has 6 nitrogen and oxygen atoms in total. The van der Waals surface area contributed by atoms with Gasteiger partial charge < -0.3 is 4.74 Å². The van der Waals surface area contributed by atoms with E-state index in [4.69, 9.17) is 9.72 Å². The van der Waals surface area contributed by atoms with E-state index >= 15 is 0 Å². The minimum absolute atomic E-state index is 0.277. The second-order valence-corrected chi connectivity index (χ2v) is 7.93. The number of carbonyl (C=O) groups is 2. The summed E-state index contributed by atoms with van der Waals surface area (Å²) in [5, 5.41) is 3.02. The fourth-order valence-electron chi connectivity index (χ4n) is 3.68. The Morgan fingerprint density at radius 1 is 0.931 bits per heavy atom. The fourth-order valence-corrected chi connectivity index (χ4v) is 4.49. The standard InChI is InChI=1S/C22H19N3O3S/c26-21-18-3-1-2-4-19(18)22(27)25(21)17-7-5-15(6-8-17)20-23-16(14-29-20)13-24-9-11-28-12-10-24/h1-8,14H,9-13H2. The molecule has 7 heteroatoms. The Labute approximate surface area is 172 Å². The van der Waals surface area contributed by atoms with Crippen molar-refractivity contribution in [1.82, 2.24) is 9.88 Å². The van der Waals surface area contributed by atoms with Gasteiger partial charge in [0.1, 0.15) is 5.01 Å². The maximum atomic E-state index is 12.6. The van der Waals surface area contributed by atoms with E-state index in [-0.39, 0.29) is 11.8 Å². The van der Waals surface area contributed by atoms with Gasteiger partial charge in [0.15, 0.2) is 0 Å². The maximum absolute atomic E-state index is 12.6. The molecule has 0 aliphatic carbocycles. The lowest BCUT2D eigenvalue weighted by molar-refractivity contribution is 0.0337. The van der Waals surface area contributed by atoms with Crippen molar-refractivity contribution < 1.29 is 14.3 Å². The molecule has 3 aromatic rings. The molecule has 1 saturated heterocycles. The van der Waals surface area contributed by atoms with Crippen LogP contribution in [0.4, 0.5) is 5.69 Å². The number of imide groups is 1. The van der Waals surface area contributed by atoms with Crippen molar-refractivity contribution in [2.45, 2.75) is 6.54 Å². The first kappa shape index (κ1) is 18.2. The molecule has 2 aliphatic heterocycles. The number of ether oxygens (including phenoxy) is 1. The summed E-state index contributed by atoms with van der Waals surface area (Å²) in [6.07, 6.45) is 0. The molecule has 0 spiro atoms. The lowest BCUT2D eigenvalue weighted by Crippen LogP contribution is -2.35. The van der Waals surface area contributed by atoms with Crippen LogP contribution in [0.25, 0.3) is 10.6 Å². The Kier molecular flexibility index (Phi) is 4.71. The van der Waals surface area contributed by atoms with Gasteiger partial charge in [-0.3, -0.25) is 14.5 Å². The van der Waals surface area contributed by atoms with E-state index in [2.05, 4.69) is 10.3 Å². The van der Waals surface area contributed by atoms with Crippen LogP contribution in [0.15, 0.2) is 53.9 Å². The molecule has 29 heavy (non-hydrogen) atoms. The number of aromatic nitrogens is 1. The highest BCUT2D eigenvalue weighted by Crippen LogP contribution is 2.31. The van der Waals surface area contributed by atoms with Gasteiger partial charge in [-0.2, -0.15) is 0 Å². The summed E-state index contributed by atoms with van der Waals surface area (Å²) in [5.41, 5.74) is 3.51. The van der Waals surface area contributed by atoms with Crippen molar-refractivity contribution >= 4 is 28.8 Å². The Hall–Kier alpha value is -2.87. The van der Waals surface area contributed by atoms with Crippen molar-refractivity contribution in [1.29, 1.82) is 0 Å². The Bertz CT molecular complexity index is 1040. The summed E-state index contributed by atoms with van der Waals surface area (Å²) in [6.45, 7) is 4.24. The molecule has 0 N–H and O–H groups in total. The third-order valence-corrected chi connectivity index (χ3v) is 6.15. The average Bonchev–Trinajstić information content (AvgIpc) is 3.32. The Balaban J connectivity index is 1.34. The number of morpholine rings is 1. The van der Waals surface area contributed by atoms with Crippen molar-refractivity contribution in [3.05, 3.63) is 70.7 Å². The molecule has 2 aliphatic rings. The zero-order chi connectivity index (χ0) is 19.8. The Morgan fingerprint density at radius 2 is 1.59 bits per heavy atom. The first-order chi connectivity index (χ1) is 14.2. The largest absolute Gasteiger partial charge is 0.379 e. The maximum Gasteiger partial charge on any atom is 0.266 e. The molecular formula is C22H19N3O3S. The highest BCUT2D eigenvalue weighted by molar-refractivity contribution is 7.13. The monoisotopic (exact) mass is 405 g/mol. The van der Waals surface area contributed by atoms with Gasteiger partial charge in [0.2, 0.25) is 0 Å². The van der Waals surface area contributed by atoms with Gasteiger partial charge in [-0.15, -0.1) is 11.3 Å². The summed E-state index contributed by atoms with van der Waals surface area (Å²) in [5.74, 6) is -0.555. The first-order valence-corrected chi connectivity index (χ1v) is 10.4. The predicted octanol–water partition coefficient (Wildman–Crippen LogP) is 3.44. The van der Waals surface area contributed by atoms with Crippen molar-refractivity contribution in [3.63, 3.8) is 0 Å². The topological polar surface area (TPSA) is 62.7 Å². The lowest BCUT2D eigenvalue weighted by atomic mass is 10.1. The van der Waals surface area contributed by atoms with Crippen molar-refractivity contribution in [2.24, 2.45) is 0 Å².